The second-order valence-electron chi connectivity index (χ2n) is 8.86. The van der Waals surface area contributed by atoms with Gasteiger partial charge in [0, 0.05) is 12.5 Å². The fourth-order valence-corrected chi connectivity index (χ4v) is 5.38. The molecule has 7 heteroatoms. The Morgan fingerprint density at radius 1 is 1.00 bits per heavy atom. The number of thiazole rings is 1. The van der Waals surface area contributed by atoms with E-state index in [-0.39, 0.29) is 17.6 Å². The standard InChI is InChI=1S/C25H24N4O2S/c30-22(24-28-27-23(31-24)18-10-12-29(13-11-18)15-16-6-7-16)25-26-20-9-8-19(14-21(20)32-25)17-4-2-1-3-5-17/h1-5,8-9,14,16,18H,6-7,10-13,15H2. The molecule has 3 heterocycles. The maximum Gasteiger partial charge on any atom is 0.291 e. The molecule has 0 N–H and O–H groups in total. The highest BCUT2D eigenvalue weighted by atomic mass is 32.1. The number of hydrogen-bond acceptors (Lipinski definition) is 7. The fourth-order valence-electron chi connectivity index (χ4n) is 4.44. The van der Waals surface area contributed by atoms with Crippen molar-refractivity contribution in [2.24, 2.45) is 5.92 Å². The molecule has 1 saturated heterocycles. The molecule has 1 aliphatic heterocycles. The molecule has 2 aliphatic rings. The number of carbonyl (C=O) groups excluding carboxylic acids is 1. The first-order chi connectivity index (χ1) is 15.7. The number of likely N-dealkylation sites (tertiary alicyclic amines) is 1. The van der Waals surface area contributed by atoms with Gasteiger partial charge in [-0.3, -0.25) is 4.79 Å². The molecule has 6 nitrogen and oxygen atoms in total. The predicted molar refractivity (Wildman–Crippen MR) is 124 cm³/mol. The highest BCUT2D eigenvalue weighted by Gasteiger charge is 2.30. The van der Waals surface area contributed by atoms with E-state index in [2.05, 4.69) is 38.3 Å². The van der Waals surface area contributed by atoms with Crippen LogP contribution in [-0.4, -0.2) is 45.5 Å². The zero-order chi connectivity index (χ0) is 21.5. The minimum atomic E-state index is -0.294. The number of nitrogens with zero attached hydrogens (tertiary/aromatic N) is 4. The summed E-state index contributed by atoms with van der Waals surface area (Å²) in [7, 11) is 0. The topological polar surface area (TPSA) is 72.1 Å². The highest BCUT2D eigenvalue weighted by molar-refractivity contribution is 7.20. The van der Waals surface area contributed by atoms with Gasteiger partial charge in [-0.2, -0.15) is 0 Å². The Morgan fingerprint density at radius 2 is 1.81 bits per heavy atom. The summed E-state index contributed by atoms with van der Waals surface area (Å²) in [5.74, 6) is 1.49. The van der Waals surface area contributed by atoms with Gasteiger partial charge in [0.05, 0.1) is 10.2 Å². The lowest BCUT2D eigenvalue weighted by atomic mass is 9.96. The third kappa shape index (κ3) is 3.98. The number of benzene rings is 2. The van der Waals surface area contributed by atoms with Crippen molar-refractivity contribution in [3.8, 4) is 11.1 Å². The Morgan fingerprint density at radius 3 is 2.59 bits per heavy atom. The summed E-state index contributed by atoms with van der Waals surface area (Å²) < 4.78 is 6.80. The molecule has 0 unspecified atom stereocenters. The molecule has 0 atom stereocenters. The summed E-state index contributed by atoms with van der Waals surface area (Å²) in [4.78, 5) is 20.1. The molecule has 2 aromatic carbocycles. The van der Waals surface area contributed by atoms with E-state index in [1.165, 1.54) is 30.7 Å². The summed E-state index contributed by atoms with van der Waals surface area (Å²) in [5.41, 5.74) is 3.05. The van der Waals surface area contributed by atoms with E-state index in [9.17, 15) is 4.79 Å². The number of piperidine rings is 1. The molecule has 2 fully saturated rings. The predicted octanol–water partition coefficient (Wildman–Crippen LogP) is 5.17. The quantitative estimate of drug-likeness (QED) is 0.382. The molecule has 6 rings (SSSR count). The smallest absolute Gasteiger partial charge is 0.291 e. The van der Waals surface area contributed by atoms with E-state index in [0.29, 0.717) is 10.9 Å². The van der Waals surface area contributed by atoms with Crippen LogP contribution < -0.4 is 0 Å². The first kappa shape index (κ1) is 19.8. The van der Waals surface area contributed by atoms with E-state index in [4.69, 9.17) is 4.42 Å². The van der Waals surface area contributed by atoms with Crippen molar-refractivity contribution >= 4 is 27.3 Å². The van der Waals surface area contributed by atoms with Gasteiger partial charge < -0.3 is 9.32 Å². The summed E-state index contributed by atoms with van der Waals surface area (Å²) >= 11 is 1.37. The SMILES string of the molecule is O=C(c1nnc(C2CCN(CC3CC3)CC2)o1)c1nc2ccc(-c3ccccc3)cc2s1. The Labute approximate surface area is 190 Å². The van der Waals surface area contributed by atoms with Gasteiger partial charge in [0.1, 0.15) is 0 Å². The molecular formula is C25H24N4O2S. The van der Waals surface area contributed by atoms with Crippen LogP contribution in [0.4, 0.5) is 0 Å². The Bertz CT molecular complexity index is 1250. The number of fused-ring (bicyclic) bond motifs is 1. The van der Waals surface area contributed by atoms with Crippen LogP contribution in [0.15, 0.2) is 52.9 Å². The minimum absolute atomic E-state index is 0.0442. The van der Waals surface area contributed by atoms with Gasteiger partial charge in [-0.1, -0.05) is 36.4 Å². The van der Waals surface area contributed by atoms with Crippen LogP contribution in [0, 0.1) is 5.92 Å². The van der Waals surface area contributed by atoms with Crippen LogP contribution in [0.2, 0.25) is 0 Å². The van der Waals surface area contributed by atoms with Gasteiger partial charge in [0.2, 0.25) is 5.89 Å². The van der Waals surface area contributed by atoms with E-state index < -0.39 is 0 Å². The van der Waals surface area contributed by atoms with E-state index >= 15 is 0 Å². The average molecular weight is 445 g/mol. The van der Waals surface area contributed by atoms with Gasteiger partial charge in [0.15, 0.2) is 5.01 Å². The van der Waals surface area contributed by atoms with Crippen molar-refractivity contribution < 1.29 is 9.21 Å². The Kier molecular flexibility index (Phi) is 5.08. The van der Waals surface area contributed by atoms with Gasteiger partial charge >= 0.3 is 0 Å². The van der Waals surface area contributed by atoms with Crippen LogP contribution >= 0.6 is 11.3 Å². The molecule has 4 aromatic rings. The molecule has 1 aliphatic carbocycles. The van der Waals surface area contributed by atoms with Gasteiger partial charge in [-0.05, 0) is 68.0 Å². The normalized spacial score (nSPS) is 17.8. The molecule has 2 aromatic heterocycles. The van der Waals surface area contributed by atoms with Gasteiger partial charge in [0.25, 0.3) is 11.7 Å². The summed E-state index contributed by atoms with van der Waals surface area (Å²) in [6.07, 6.45) is 4.78. The maximum absolute atomic E-state index is 13.0. The number of hydrogen-bond donors (Lipinski definition) is 0. The first-order valence-corrected chi connectivity index (χ1v) is 12.1. The number of carbonyl (C=O) groups is 1. The third-order valence-electron chi connectivity index (χ3n) is 6.47. The number of ketones is 1. The lowest BCUT2D eigenvalue weighted by molar-refractivity contribution is 0.0998. The summed E-state index contributed by atoms with van der Waals surface area (Å²) in [6.45, 7) is 3.35. The minimum Gasteiger partial charge on any atom is -0.418 e. The van der Waals surface area contributed by atoms with Crippen LogP contribution in [0.25, 0.3) is 21.3 Å². The van der Waals surface area contributed by atoms with Crippen LogP contribution in [0.5, 0.6) is 0 Å². The number of aromatic nitrogens is 3. The Balaban J connectivity index is 1.17. The summed E-state index contributed by atoms with van der Waals surface area (Å²) in [5, 5.41) is 8.67. The van der Waals surface area contributed by atoms with Crippen molar-refractivity contribution in [1.29, 1.82) is 0 Å². The fraction of sp³-hybridized carbons (Fsp3) is 0.360. The lowest BCUT2D eigenvalue weighted by Crippen LogP contribution is -2.34. The van der Waals surface area contributed by atoms with Crippen molar-refractivity contribution in [3.05, 3.63) is 65.3 Å². The largest absolute Gasteiger partial charge is 0.418 e. The van der Waals surface area contributed by atoms with E-state index in [1.807, 2.05) is 30.3 Å². The molecule has 0 amide bonds. The first-order valence-electron chi connectivity index (χ1n) is 11.3. The molecule has 0 spiro atoms. The molecule has 32 heavy (non-hydrogen) atoms. The average Bonchev–Trinajstić information content (AvgIpc) is 3.34. The molecule has 0 radical (unpaired) electrons. The van der Waals surface area contributed by atoms with Crippen molar-refractivity contribution in [2.45, 2.75) is 31.6 Å². The van der Waals surface area contributed by atoms with E-state index in [1.54, 1.807) is 0 Å². The zero-order valence-corrected chi connectivity index (χ0v) is 18.6. The van der Waals surface area contributed by atoms with Crippen LogP contribution in [-0.2, 0) is 0 Å². The van der Waals surface area contributed by atoms with Crippen molar-refractivity contribution in [2.75, 3.05) is 19.6 Å². The highest BCUT2D eigenvalue weighted by Crippen LogP contribution is 2.33. The maximum atomic E-state index is 13.0. The lowest BCUT2D eigenvalue weighted by Gasteiger charge is -2.30. The molecule has 1 saturated carbocycles. The van der Waals surface area contributed by atoms with Crippen LogP contribution in [0.1, 0.15) is 53.2 Å². The van der Waals surface area contributed by atoms with Gasteiger partial charge in [-0.15, -0.1) is 21.5 Å². The third-order valence-corrected chi connectivity index (χ3v) is 7.49. The van der Waals surface area contributed by atoms with Gasteiger partial charge in [-0.25, -0.2) is 4.98 Å². The van der Waals surface area contributed by atoms with Crippen LogP contribution in [0.3, 0.4) is 0 Å². The van der Waals surface area contributed by atoms with E-state index in [0.717, 1.165) is 53.2 Å². The Hall–Kier alpha value is -2.90. The van der Waals surface area contributed by atoms with Crippen molar-refractivity contribution in [3.63, 3.8) is 0 Å². The molecule has 0 bridgehead atoms. The monoisotopic (exact) mass is 444 g/mol. The second kappa shape index (κ2) is 8.22. The zero-order valence-electron chi connectivity index (χ0n) is 17.7. The summed E-state index contributed by atoms with van der Waals surface area (Å²) in [6, 6.07) is 16.3. The molecule has 162 valence electrons. The van der Waals surface area contributed by atoms with Crippen molar-refractivity contribution in [1.82, 2.24) is 20.1 Å². The number of rotatable bonds is 6. The molecular weight excluding hydrogens is 420 g/mol. The second-order valence-corrected chi connectivity index (χ2v) is 9.89.